The van der Waals surface area contributed by atoms with Crippen molar-refractivity contribution < 1.29 is 19.3 Å². The van der Waals surface area contributed by atoms with Crippen molar-refractivity contribution in [3.05, 3.63) is 74.3 Å². The second-order valence-corrected chi connectivity index (χ2v) is 7.10. The zero-order chi connectivity index (χ0) is 22.2. The highest BCUT2D eigenvalue weighted by Gasteiger charge is 2.35. The molecule has 0 aliphatic carbocycles. The van der Waals surface area contributed by atoms with E-state index in [0.29, 0.717) is 16.9 Å². The summed E-state index contributed by atoms with van der Waals surface area (Å²) in [6.45, 7) is 5.06. The second kappa shape index (κ2) is 8.18. The van der Waals surface area contributed by atoms with E-state index < -0.39 is 17.3 Å². The molecule has 10 heteroatoms. The molecule has 2 N–H and O–H groups in total. The van der Waals surface area contributed by atoms with Gasteiger partial charge >= 0.3 is 5.97 Å². The van der Waals surface area contributed by atoms with Crippen molar-refractivity contribution in [3.8, 4) is 11.4 Å². The molecule has 0 fully saturated rings. The minimum Gasteiger partial charge on any atom is -0.433 e. The Balaban J connectivity index is 2.09. The summed E-state index contributed by atoms with van der Waals surface area (Å²) in [5, 5.41) is 20.6. The number of hydrogen-bond acceptors (Lipinski definition) is 6. The first-order valence-corrected chi connectivity index (χ1v) is 9.36. The van der Waals surface area contributed by atoms with Crippen molar-refractivity contribution in [1.82, 2.24) is 14.5 Å². The lowest BCUT2D eigenvalue weighted by Gasteiger charge is -2.25. The number of ether oxygens (including phenoxy) is 1. The van der Waals surface area contributed by atoms with Crippen molar-refractivity contribution in [1.29, 1.82) is 0 Å². The number of aromatic nitrogens is 3. The predicted molar refractivity (Wildman–Crippen MR) is 110 cm³/mol. The summed E-state index contributed by atoms with van der Waals surface area (Å²) in [5.41, 5.74) is 1.04. The molecule has 3 aromatic heterocycles. The van der Waals surface area contributed by atoms with E-state index in [2.05, 4.69) is 9.97 Å². The summed E-state index contributed by atoms with van der Waals surface area (Å²) in [4.78, 5) is 20.6. The number of aryl methyl sites for hydroxylation is 3. The molecule has 0 aromatic carbocycles. The zero-order valence-electron chi connectivity index (χ0n) is 16.5. The van der Waals surface area contributed by atoms with E-state index in [0.717, 1.165) is 12.3 Å². The fourth-order valence-electron chi connectivity index (χ4n) is 3.07. The maximum absolute atomic E-state index is 13.4. The lowest BCUT2D eigenvalue weighted by Crippen LogP contribution is -2.36. The highest BCUT2D eigenvalue weighted by atomic mass is 35.5. The summed E-state index contributed by atoms with van der Waals surface area (Å²) >= 11 is 6.20. The zero-order valence-corrected chi connectivity index (χ0v) is 17.2. The van der Waals surface area contributed by atoms with Crippen LogP contribution in [0.25, 0.3) is 5.69 Å². The third-order valence-electron chi connectivity index (χ3n) is 4.51. The fraction of sp³-hybridized carbons (Fsp3) is 0.250. The molecule has 30 heavy (non-hydrogen) atoms. The van der Waals surface area contributed by atoms with Gasteiger partial charge in [-0.05, 0) is 49.1 Å². The van der Waals surface area contributed by atoms with Gasteiger partial charge < -0.3 is 14.9 Å². The SMILES string of the molecule is [B]c1cc(-n2c(C)cc(OC(O)(O)c3ncc(F)cc3CC)c(Cl)c2=O)c(C)cn1. The van der Waals surface area contributed by atoms with Gasteiger partial charge in [0.1, 0.15) is 24.4 Å². The van der Waals surface area contributed by atoms with Crippen LogP contribution in [0.3, 0.4) is 0 Å². The van der Waals surface area contributed by atoms with Gasteiger partial charge in [0.15, 0.2) is 5.75 Å². The van der Waals surface area contributed by atoms with Crippen LogP contribution in [0.15, 0.2) is 35.4 Å². The van der Waals surface area contributed by atoms with Gasteiger partial charge in [0, 0.05) is 18.0 Å². The quantitative estimate of drug-likeness (QED) is 0.472. The van der Waals surface area contributed by atoms with Gasteiger partial charge in [0.2, 0.25) is 0 Å². The number of aliphatic hydroxyl groups is 2. The molecule has 0 atom stereocenters. The van der Waals surface area contributed by atoms with Crippen molar-refractivity contribution in [2.45, 2.75) is 33.2 Å². The summed E-state index contributed by atoms with van der Waals surface area (Å²) in [5.74, 6) is -3.84. The van der Waals surface area contributed by atoms with E-state index in [1.54, 1.807) is 20.8 Å². The van der Waals surface area contributed by atoms with Crippen molar-refractivity contribution in [2.75, 3.05) is 0 Å². The third-order valence-corrected chi connectivity index (χ3v) is 4.86. The Hall–Kier alpha value is -2.75. The highest BCUT2D eigenvalue weighted by molar-refractivity contribution is 6.32. The van der Waals surface area contributed by atoms with Gasteiger partial charge in [-0.3, -0.25) is 14.3 Å². The number of halogens is 2. The minimum absolute atomic E-state index is 0.220. The summed E-state index contributed by atoms with van der Waals surface area (Å²) in [6, 6.07) is 4.02. The summed E-state index contributed by atoms with van der Waals surface area (Å²) in [7, 11) is 5.73. The average molecular weight is 430 g/mol. The van der Waals surface area contributed by atoms with E-state index in [1.807, 2.05) is 0 Å². The number of rotatable bonds is 5. The smallest absolute Gasteiger partial charge is 0.369 e. The van der Waals surface area contributed by atoms with Gasteiger partial charge in [-0.15, -0.1) is 0 Å². The van der Waals surface area contributed by atoms with Crippen LogP contribution in [0.2, 0.25) is 5.02 Å². The molecule has 0 saturated carbocycles. The normalized spacial score (nSPS) is 11.6. The Labute approximate surface area is 178 Å². The van der Waals surface area contributed by atoms with Crippen LogP contribution in [0, 0.1) is 19.7 Å². The second-order valence-electron chi connectivity index (χ2n) is 6.73. The van der Waals surface area contributed by atoms with Crippen LogP contribution in [0.5, 0.6) is 5.75 Å². The first kappa shape index (κ1) is 22.0. The Morgan fingerprint density at radius 1 is 1.23 bits per heavy atom. The molecule has 0 bridgehead atoms. The maximum Gasteiger partial charge on any atom is 0.369 e. The number of pyridine rings is 3. The molecule has 0 unspecified atom stereocenters. The van der Waals surface area contributed by atoms with Gasteiger partial charge in [-0.25, -0.2) is 9.37 Å². The Bertz CT molecular complexity index is 1180. The van der Waals surface area contributed by atoms with Crippen molar-refractivity contribution >= 4 is 25.0 Å². The summed E-state index contributed by atoms with van der Waals surface area (Å²) in [6.07, 6.45) is 2.62. The van der Waals surface area contributed by atoms with E-state index >= 15 is 0 Å². The molecule has 7 nitrogen and oxygen atoms in total. The van der Waals surface area contributed by atoms with E-state index in [4.69, 9.17) is 24.2 Å². The van der Waals surface area contributed by atoms with Crippen LogP contribution < -0.4 is 15.9 Å². The predicted octanol–water partition coefficient (Wildman–Crippen LogP) is 1.57. The lowest BCUT2D eigenvalue weighted by molar-refractivity contribution is -0.307. The molecule has 3 rings (SSSR count). The van der Waals surface area contributed by atoms with Gasteiger partial charge in [-0.2, -0.15) is 0 Å². The van der Waals surface area contributed by atoms with Crippen LogP contribution in [-0.4, -0.2) is 32.6 Å². The molecule has 0 amide bonds. The van der Waals surface area contributed by atoms with E-state index in [-0.39, 0.29) is 34.0 Å². The maximum atomic E-state index is 13.4. The largest absolute Gasteiger partial charge is 0.433 e. The van der Waals surface area contributed by atoms with Crippen LogP contribution in [0.4, 0.5) is 4.39 Å². The monoisotopic (exact) mass is 429 g/mol. The molecule has 3 heterocycles. The molecule has 2 radical (unpaired) electrons. The first-order chi connectivity index (χ1) is 14.0. The lowest BCUT2D eigenvalue weighted by atomic mass is 10.0. The number of nitrogens with zero attached hydrogens (tertiary/aromatic N) is 3. The molecule has 0 spiro atoms. The van der Waals surface area contributed by atoms with E-state index in [9.17, 15) is 19.4 Å². The Kier molecular flexibility index (Phi) is 5.98. The highest BCUT2D eigenvalue weighted by Crippen LogP contribution is 2.30. The van der Waals surface area contributed by atoms with Gasteiger partial charge in [0.05, 0.1) is 11.9 Å². The standard InChI is InChI=1S/C20H18BClFN3O4/c1-4-12-6-13(23)9-25-18(12)20(28,29)30-15-5-11(3)26(19(27)17(15)22)14-7-16(21)24-8-10(14)2/h5-9,28-29H,4H2,1-3H3. The summed E-state index contributed by atoms with van der Waals surface area (Å²) < 4.78 is 20.0. The van der Waals surface area contributed by atoms with Gasteiger partial charge in [0.25, 0.3) is 5.56 Å². The van der Waals surface area contributed by atoms with Crippen molar-refractivity contribution in [3.63, 3.8) is 0 Å². The Morgan fingerprint density at radius 3 is 2.60 bits per heavy atom. The molecule has 154 valence electrons. The Morgan fingerprint density at radius 2 is 1.93 bits per heavy atom. The molecule has 0 saturated heterocycles. The van der Waals surface area contributed by atoms with Gasteiger partial charge in [-0.1, -0.05) is 18.5 Å². The van der Waals surface area contributed by atoms with Crippen LogP contribution in [0.1, 0.15) is 29.4 Å². The molecule has 0 aliphatic heterocycles. The average Bonchev–Trinajstić information content (AvgIpc) is 2.68. The molecule has 3 aromatic rings. The van der Waals surface area contributed by atoms with Crippen LogP contribution in [-0.2, 0) is 12.4 Å². The fourth-order valence-corrected chi connectivity index (χ4v) is 3.25. The third kappa shape index (κ3) is 4.09. The molecular formula is C20H18BClFN3O4. The van der Waals surface area contributed by atoms with Crippen LogP contribution >= 0.6 is 11.6 Å². The first-order valence-electron chi connectivity index (χ1n) is 8.98. The topological polar surface area (TPSA) is 97.5 Å². The molecular weight excluding hydrogens is 412 g/mol. The molecule has 0 aliphatic rings. The van der Waals surface area contributed by atoms with Crippen molar-refractivity contribution in [2.24, 2.45) is 0 Å². The number of hydrogen-bond donors (Lipinski definition) is 2. The minimum atomic E-state index is -2.94. The van der Waals surface area contributed by atoms with E-state index in [1.165, 1.54) is 22.9 Å².